The van der Waals surface area contributed by atoms with Gasteiger partial charge in [0.1, 0.15) is 5.57 Å². The first-order valence-electron chi connectivity index (χ1n) is 11.1. The molecule has 1 aromatic heterocycles. The van der Waals surface area contributed by atoms with E-state index in [0.29, 0.717) is 17.3 Å². The van der Waals surface area contributed by atoms with Gasteiger partial charge in [-0.15, -0.1) is 0 Å². The second kappa shape index (κ2) is 9.13. The lowest BCUT2D eigenvalue weighted by Gasteiger charge is -2.30. The number of amides is 2. The van der Waals surface area contributed by atoms with Gasteiger partial charge in [0.25, 0.3) is 11.8 Å². The number of para-hydroxylation sites is 1. The monoisotopic (exact) mass is 499 g/mol. The predicted molar refractivity (Wildman–Crippen MR) is 145 cm³/mol. The van der Waals surface area contributed by atoms with Crippen molar-refractivity contribution in [2.45, 2.75) is 20.4 Å². The van der Waals surface area contributed by atoms with Crippen molar-refractivity contribution in [3.05, 3.63) is 106 Å². The zero-order chi connectivity index (χ0) is 24.7. The number of carbonyl (C=O) groups excluding carboxylic acids is 2. The molecule has 0 atom stereocenters. The molecule has 5 rings (SSSR count). The maximum Gasteiger partial charge on any atom is 0.270 e. The number of nitrogens with zero attached hydrogens (tertiary/aromatic N) is 2. The Balaban J connectivity index is 1.58. The molecule has 0 unspecified atom stereocenters. The molecule has 0 radical (unpaired) electrons. The van der Waals surface area contributed by atoms with Crippen LogP contribution in [0.4, 0.5) is 5.69 Å². The summed E-state index contributed by atoms with van der Waals surface area (Å²) in [7, 11) is 0. The first-order valence-corrected chi connectivity index (χ1v) is 11.9. The van der Waals surface area contributed by atoms with E-state index in [4.69, 9.17) is 23.8 Å². The van der Waals surface area contributed by atoms with E-state index in [9.17, 15) is 9.59 Å². The number of hydrogen-bond acceptors (Lipinski definition) is 3. The van der Waals surface area contributed by atoms with Crippen LogP contribution in [0.2, 0.25) is 5.02 Å². The normalized spacial score (nSPS) is 15.2. The number of nitrogens with one attached hydrogen (secondary N) is 1. The van der Waals surface area contributed by atoms with Gasteiger partial charge in [-0.1, -0.05) is 54.1 Å². The van der Waals surface area contributed by atoms with Gasteiger partial charge >= 0.3 is 0 Å². The molecular formula is C28H22ClN3O2S. The Hall–Kier alpha value is -3.74. The zero-order valence-corrected chi connectivity index (χ0v) is 20.8. The van der Waals surface area contributed by atoms with E-state index in [-0.39, 0.29) is 10.7 Å². The number of benzene rings is 3. The summed E-state index contributed by atoms with van der Waals surface area (Å²) in [6.45, 7) is 4.53. The van der Waals surface area contributed by atoms with Crippen molar-refractivity contribution in [3.8, 4) is 0 Å². The number of aryl methyl sites for hydroxylation is 1. The first-order chi connectivity index (χ1) is 16.8. The average molecular weight is 500 g/mol. The SMILES string of the molecule is Cc1cccc(N2C(=O)/C(=C/c3cn(Cc4ccc(Cl)cc4)c4ccccc34)C(=O)NC2=S)c1C. The van der Waals surface area contributed by atoms with Gasteiger partial charge in [-0.25, -0.2) is 0 Å². The van der Waals surface area contributed by atoms with Crippen molar-refractivity contribution in [1.82, 2.24) is 9.88 Å². The van der Waals surface area contributed by atoms with Gasteiger partial charge in [-0.2, -0.15) is 0 Å². The largest absolute Gasteiger partial charge is 0.342 e. The Morgan fingerprint density at radius 2 is 1.71 bits per heavy atom. The number of anilines is 1. The molecule has 3 aromatic carbocycles. The molecule has 1 saturated heterocycles. The molecule has 174 valence electrons. The Bertz CT molecular complexity index is 1540. The van der Waals surface area contributed by atoms with Gasteiger partial charge in [0.15, 0.2) is 5.11 Å². The smallest absolute Gasteiger partial charge is 0.270 e. The maximum absolute atomic E-state index is 13.6. The zero-order valence-electron chi connectivity index (χ0n) is 19.2. The second-order valence-electron chi connectivity index (χ2n) is 8.53. The van der Waals surface area contributed by atoms with Crippen LogP contribution in [-0.4, -0.2) is 21.5 Å². The average Bonchev–Trinajstić information content (AvgIpc) is 3.18. The van der Waals surface area contributed by atoms with E-state index in [1.165, 1.54) is 4.90 Å². The second-order valence-corrected chi connectivity index (χ2v) is 9.36. The third-order valence-electron chi connectivity index (χ3n) is 6.30. The molecule has 1 N–H and O–H groups in total. The molecule has 0 aliphatic carbocycles. The molecule has 5 nitrogen and oxygen atoms in total. The lowest BCUT2D eigenvalue weighted by atomic mass is 10.0. The number of hydrogen-bond donors (Lipinski definition) is 1. The van der Waals surface area contributed by atoms with Gasteiger partial charge in [-0.05, 0) is 73.1 Å². The highest BCUT2D eigenvalue weighted by atomic mass is 35.5. The predicted octanol–water partition coefficient (Wildman–Crippen LogP) is 5.79. The molecular weight excluding hydrogens is 478 g/mol. The number of thiocarbonyl (C=S) groups is 1. The fourth-order valence-corrected chi connectivity index (χ4v) is 4.72. The topological polar surface area (TPSA) is 54.3 Å². The number of aromatic nitrogens is 1. The minimum absolute atomic E-state index is 0.0360. The Kier molecular flexibility index (Phi) is 6.01. The molecule has 2 amide bonds. The van der Waals surface area contributed by atoms with Crippen molar-refractivity contribution in [1.29, 1.82) is 0 Å². The van der Waals surface area contributed by atoms with Gasteiger partial charge in [0.2, 0.25) is 0 Å². The summed E-state index contributed by atoms with van der Waals surface area (Å²) in [5.41, 5.74) is 5.53. The Labute approximate surface area is 213 Å². The number of halogens is 1. The van der Waals surface area contributed by atoms with E-state index in [0.717, 1.165) is 33.2 Å². The van der Waals surface area contributed by atoms with Gasteiger partial charge in [0, 0.05) is 34.2 Å². The molecule has 1 aliphatic heterocycles. The summed E-state index contributed by atoms with van der Waals surface area (Å²) in [5, 5.41) is 4.40. The van der Waals surface area contributed by atoms with E-state index in [1.807, 2.05) is 86.8 Å². The molecule has 0 bridgehead atoms. The van der Waals surface area contributed by atoms with Gasteiger partial charge in [0.05, 0.1) is 5.69 Å². The molecule has 0 saturated carbocycles. The van der Waals surface area contributed by atoms with Crippen LogP contribution >= 0.6 is 23.8 Å². The van der Waals surface area contributed by atoms with E-state index >= 15 is 0 Å². The number of carbonyl (C=O) groups is 2. The summed E-state index contributed by atoms with van der Waals surface area (Å²) >= 11 is 11.4. The highest BCUT2D eigenvalue weighted by Gasteiger charge is 2.35. The molecule has 7 heteroatoms. The van der Waals surface area contributed by atoms with Gasteiger partial charge in [-0.3, -0.25) is 19.8 Å². The van der Waals surface area contributed by atoms with E-state index in [1.54, 1.807) is 6.08 Å². The van der Waals surface area contributed by atoms with Crippen LogP contribution in [0.25, 0.3) is 17.0 Å². The van der Waals surface area contributed by atoms with Gasteiger partial charge < -0.3 is 4.57 Å². The van der Waals surface area contributed by atoms with E-state index in [2.05, 4.69) is 9.88 Å². The van der Waals surface area contributed by atoms with Crippen LogP contribution in [0.1, 0.15) is 22.3 Å². The molecule has 1 fully saturated rings. The molecule has 2 heterocycles. The molecule has 1 aliphatic rings. The number of fused-ring (bicyclic) bond motifs is 1. The number of rotatable bonds is 4. The van der Waals surface area contributed by atoms with Crippen LogP contribution < -0.4 is 10.2 Å². The van der Waals surface area contributed by atoms with Crippen LogP contribution in [-0.2, 0) is 16.1 Å². The van der Waals surface area contributed by atoms with Crippen molar-refractivity contribution < 1.29 is 9.59 Å². The summed E-state index contributed by atoms with van der Waals surface area (Å²) in [5.74, 6) is -0.946. The first kappa shape index (κ1) is 23.0. The van der Waals surface area contributed by atoms with E-state index < -0.39 is 11.8 Å². The summed E-state index contributed by atoms with van der Waals surface area (Å²) in [4.78, 5) is 27.9. The van der Waals surface area contributed by atoms with Crippen molar-refractivity contribution in [2.24, 2.45) is 0 Å². The summed E-state index contributed by atoms with van der Waals surface area (Å²) in [6.07, 6.45) is 3.61. The standard InChI is InChI=1S/C28H22ClN3O2S/c1-17-6-5-9-24(18(17)2)32-27(34)23(26(33)30-28(32)35)14-20-16-31(25-8-4-3-7-22(20)25)15-19-10-12-21(29)13-11-19/h3-14,16H,15H2,1-2H3,(H,30,33,35)/b23-14+. The minimum Gasteiger partial charge on any atom is -0.342 e. The molecule has 35 heavy (non-hydrogen) atoms. The fourth-order valence-electron chi connectivity index (χ4n) is 4.32. The van der Waals surface area contributed by atoms with Crippen molar-refractivity contribution in [2.75, 3.05) is 4.90 Å². The third kappa shape index (κ3) is 4.27. The minimum atomic E-state index is -0.504. The van der Waals surface area contributed by atoms with Crippen LogP contribution in [0.5, 0.6) is 0 Å². The quantitative estimate of drug-likeness (QED) is 0.219. The highest BCUT2D eigenvalue weighted by Crippen LogP contribution is 2.29. The lowest BCUT2D eigenvalue weighted by Crippen LogP contribution is -2.54. The van der Waals surface area contributed by atoms with Crippen LogP contribution in [0, 0.1) is 13.8 Å². The highest BCUT2D eigenvalue weighted by molar-refractivity contribution is 7.80. The third-order valence-corrected chi connectivity index (χ3v) is 6.84. The summed E-state index contributed by atoms with van der Waals surface area (Å²) in [6, 6.07) is 21.3. The molecule has 4 aromatic rings. The Morgan fingerprint density at radius 1 is 0.971 bits per heavy atom. The van der Waals surface area contributed by atoms with Crippen LogP contribution in [0.3, 0.4) is 0 Å². The maximum atomic E-state index is 13.6. The van der Waals surface area contributed by atoms with Crippen molar-refractivity contribution in [3.63, 3.8) is 0 Å². The van der Waals surface area contributed by atoms with Crippen molar-refractivity contribution >= 4 is 63.4 Å². The molecule has 0 spiro atoms. The fraction of sp³-hybridized carbons (Fsp3) is 0.107. The Morgan fingerprint density at radius 3 is 2.49 bits per heavy atom. The lowest BCUT2D eigenvalue weighted by molar-refractivity contribution is -0.122. The van der Waals surface area contributed by atoms with Crippen LogP contribution in [0.15, 0.2) is 78.5 Å². The summed E-state index contributed by atoms with van der Waals surface area (Å²) < 4.78 is 2.10.